The number of H-pyrrole nitrogens is 1. The van der Waals surface area contributed by atoms with Crippen molar-refractivity contribution in [2.24, 2.45) is 0 Å². The molecule has 1 aliphatic heterocycles. The van der Waals surface area contributed by atoms with Crippen LogP contribution in [0.15, 0.2) is 60.8 Å². The zero-order valence-corrected chi connectivity index (χ0v) is 15.5. The minimum Gasteiger partial charge on any atom is -0.356 e. The van der Waals surface area contributed by atoms with Crippen LogP contribution in [0.4, 0.5) is 4.39 Å². The van der Waals surface area contributed by atoms with Crippen LogP contribution in [0.5, 0.6) is 0 Å². The van der Waals surface area contributed by atoms with E-state index in [1.807, 2.05) is 24.3 Å². The Hall–Kier alpha value is -3.85. The van der Waals surface area contributed by atoms with Crippen molar-refractivity contribution < 1.29 is 9.18 Å². The fourth-order valence-electron chi connectivity index (χ4n) is 4.07. The number of hydrogen-bond acceptors (Lipinski definition) is 2. The lowest BCUT2D eigenvalue weighted by atomic mass is 9.95. The van der Waals surface area contributed by atoms with Crippen molar-refractivity contribution in [2.45, 2.75) is 12.5 Å². The molecular formula is C23H17FN4O. The maximum absolute atomic E-state index is 13.2. The lowest BCUT2D eigenvalue weighted by Gasteiger charge is -2.33. The van der Waals surface area contributed by atoms with Gasteiger partial charge in [0.2, 0.25) is 0 Å². The predicted molar refractivity (Wildman–Crippen MR) is 108 cm³/mol. The molecule has 6 heteroatoms. The minimum atomic E-state index is -0.406. The van der Waals surface area contributed by atoms with Crippen molar-refractivity contribution in [3.05, 3.63) is 83.6 Å². The fraction of sp³-hybridized carbons (Fsp3) is 0.130. The number of terminal acetylenes is 1. The predicted octanol–water partition coefficient (Wildman–Crippen LogP) is 3.60. The van der Waals surface area contributed by atoms with Crippen molar-refractivity contribution in [2.75, 3.05) is 6.54 Å². The molecule has 0 aliphatic carbocycles. The number of halogens is 1. The summed E-state index contributed by atoms with van der Waals surface area (Å²) >= 11 is 0. The molecule has 1 aliphatic rings. The molecule has 0 saturated heterocycles. The van der Waals surface area contributed by atoms with E-state index in [4.69, 9.17) is 6.42 Å². The summed E-state index contributed by atoms with van der Waals surface area (Å²) in [6.07, 6.45) is 7.96. The number of fused-ring (bicyclic) bond motifs is 3. The smallest absolute Gasteiger partial charge is 0.299 e. The number of nitrogens with one attached hydrogen (secondary N) is 1. The number of hydrogen-bond donors (Lipinski definition) is 1. The number of rotatable bonds is 2. The van der Waals surface area contributed by atoms with Crippen molar-refractivity contribution in [3.8, 4) is 18.0 Å². The Balaban J connectivity index is 1.64. The van der Waals surface area contributed by atoms with E-state index in [1.54, 1.807) is 27.9 Å². The summed E-state index contributed by atoms with van der Waals surface area (Å²) in [5.74, 6) is 1.57. The maximum Gasteiger partial charge on any atom is 0.299 e. The van der Waals surface area contributed by atoms with Crippen molar-refractivity contribution in [1.82, 2.24) is 19.7 Å². The number of para-hydroxylation sites is 1. The molecule has 1 atom stereocenters. The molecule has 1 unspecified atom stereocenters. The molecule has 2 aromatic carbocycles. The van der Waals surface area contributed by atoms with E-state index in [-0.39, 0.29) is 11.7 Å². The molecule has 0 saturated carbocycles. The highest BCUT2D eigenvalue weighted by molar-refractivity contribution is 5.94. The van der Waals surface area contributed by atoms with Gasteiger partial charge in [-0.15, -0.1) is 6.42 Å². The third-order valence-electron chi connectivity index (χ3n) is 5.40. The molecule has 0 fully saturated rings. The summed E-state index contributed by atoms with van der Waals surface area (Å²) in [5.41, 5.74) is 4.58. The van der Waals surface area contributed by atoms with E-state index in [0.717, 1.165) is 28.7 Å². The van der Waals surface area contributed by atoms with E-state index < -0.39 is 6.04 Å². The first-order chi connectivity index (χ1) is 14.2. The molecule has 1 N–H and O–H groups in total. The number of amides is 1. The number of benzene rings is 2. The molecule has 5 rings (SSSR count). The largest absolute Gasteiger partial charge is 0.356 e. The summed E-state index contributed by atoms with van der Waals surface area (Å²) < 4.78 is 14.9. The van der Waals surface area contributed by atoms with Crippen LogP contribution < -0.4 is 0 Å². The molecule has 29 heavy (non-hydrogen) atoms. The van der Waals surface area contributed by atoms with Gasteiger partial charge in [-0.1, -0.05) is 18.2 Å². The number of carbonyl (C=O) groups is 1. The maximum atomic E-state index is 13.2. The molecule has 3 heterocycles. The van der Waals surface area contributed by atoms with Crippen LogP contribution in [-0.4, -0.2) is 32.1 Å². The molecule has 1 amide bonds. The number of nitrogens with zero attached hydrogens (tertiary/aromatic N) is 3. The van der Waals surface area contributed by atoms with Gasteiger partial charge in [-0.2, -0.15) is 5.10 Å². The summed E-state index contributed by atoms with van der Waals surface area (Å²) in [6, 6.07) is 15.6. The van der Waals surface area contributed by atoms with E-state index in [0.29, 0.717) is 12.2 Å². The lowest BCUT2D eigenvalue weighted by molar-refractivity contribution is -0.127. The van der Waals surface area contributed by atoms with Crippen LogP contribution >= 0.6 is 0 Å². The zero-order valence-electron chi connectivity index (χ0n) is 15.5. The molecular weight excluding hydrogens is 367 g/mol. The van der Waals surface area contributed by atoms with E-state index >= 15 is 0 Å². The molecule has 0 spiro atoms. The van der Waals surface area contributed by atoms with Gasteiger partial charge in [0, 0.05) is 29.3 Å². The van der Waals surface area contributed by atoms with Crippen molar-refractivity contribution in [3.63, 3.8) is 0 Å². The Morgan fingerprint density at radius 2 is 1.97 bits per heavy atom. The first-order valence-electron chi connectivity index (χ1n) is 9.34. The monoisotopic (exact) mass is 384 g/mol. The topological polar surface area (TPSA) is 53.9 Å². The van der Waals surface area contributed by atoms with Gasteiger partial charge in [0.05, 0.1) is 11.4 Å². The van der Waals surface area contributed by atoms with Gasteiger partial charge < -0.3 is 9.88 Å². The molecule has 4 aromatic rings. The van der Waals surface area contributed by atoms with Crippen LogP contribution in [-0.2, 0) is 11.2 Å². The van der Waals surface area contributed by atoms with Gasteiger partial charge in [-0.25, -0.2) is 9.07 Å². The highest BCUT2D eigenvalue weighted by Gasteiger charge is 2.35. The van der Waals surface area contributed by atoms with Crippen molar-refractivity contribution >= 4 is 16.8 Å². The Bertz CT molecular complexity index is 1260. The number of aromatic nitrogens is 3. The van der Waals surface area contributed by atoms with Crippen LogP contribution in [0.3, 0.4) is 0 Å². The third-order valence-corrected chi connectivity index (χ3v) is 5.40. The van der Waals surface area contributed by atoms with Crippen molar-refractivity contribution in [1.29, 1.82) is 0 Å². The minimum absolute atomic E-state index is 0.304. The standard InChI is InChI=1S/C23H17FN4O/c1-2-21(29)27-13-11-18-17-5-3-4-6-19(17)25-22(18)23(27)20-12-14-28(26-20)16-9-7-15(24)8-10-16/h1,3-10,12,14,23,25H,11,13H2. The quantitative estimate of drug-likeness (QED) is 0.537. The lowest BCUT2D eigenvalue weighted by Crippen LogP contribution is -2.40. The number of aromatic amines is 1. The van der Waals surface area contributed by atoms with Gasteiger partial charge >= 0.3 is 0 Å². The highest BCUT2D eigenvalue weighted by Crippen LogP contribution is 2.37. The second-order valence-corrected chi connectivity index (χ2v) is 7.02. The van der Waals surface area contributed by atoms with Crippen LogP contribution in [0.2, 0.25) is 0 Å². The first kappa shape index (κ1) is 17.3. The van der Waals surface area contributed by atoms with E-state index in [2.05, 4.69) is 22.1 Å². The van der Waals surface area contributed by atoms with E-state index in [1.165, 1.54) is 17.7 Å². The summed E-state index contributed by atoms with van der Waals surface area (Å²) in [4.78, 5) is 17.6. The summed E-state index contributed by atoms with van der Waals surface area (Å²) in [6.45, 7) is 0.520. The second-order valence-electron chi connectivity index (χ2n) is 7.02. The van der Waals surface area contributed by atoms with Gasteiger partial charge in [-0.05, 0) is 54.3 Å². The Morgan fingerprint density at radius 3 is 2.76 bits per heavy atom. The van der Waals surface area contributed by atoms with Crippen LogP contribution in [0, 0.1) is 18.2 Å². The average Bonchev–Trinajstić information content (AvgIpc) is 3.38. The molecule has 0 radical (unpaired) electrons. The molecule has 5 nitrogen and oxygen atoms in total. The third kappa shape index (κ3) is 2.79. The van der Waals surface area contributed by atoms with Gasteiger partial charge in [0.15, 0.2) is 0 Å². The fourth-order valence-corrected chi connectivity index (χ4v) is 4.07. The zero-order chi connectivity index (χ0) is 20.0. The van der Waals surface area contributed by atoms with Crippen LogP contribution in [0.1, 0.15) is 23.0 Å². The van der Waals surface area contributed by atoms with Gasteiger partial charge in [0.25, 0.3) is 5.91 Å². The Kier molecular flexibility index (Phi) is 3.95. The van der Waals surface area contributed by atoms with Gasteiger partial charge in [-0.3, -0.25) is 4.79 Å². The Morgan fingerprint density at radius 1 is 1.17 bits per heavy atom. The summed E-state index contributed by atoms with van der Waals surface area (Å²) in [7, 11) is 0. The normalized spacial score (nSPS) is 15.9. The SMILES string of the molecule is C#CC(=O)N1CCc2c([nH]c3ccccc23)C1c1ccn(-c2ccc(F)cc2)n1. The molecule has 2 aromatic heterocycles. The summed E-state index contributed by atoms with van der Waals surface area (Å²) in [5, 5.41) is 5.83. The van der Waals surface area contributed by atoms with Gasteiger partial charge in [0.1, 0.15) is 11.9 Å². The molecule has 142 valence electrons. The second kappa shape index (κ2) is 6.64. The van der Waals surface area contributed by atoms with E-state index in [9.17, 15) is 9.18 Å². The molecule has 0 bridgehead atoms. The van der Waals surface area contributed by atoms with Crippen LogP contribution in [0.25, 0.3) is 16.6 Å². The highest BCUT2D eigenvalue weighted by atomic mass is 19.1. The average molecular weight is 384 g/mol. The Labute approximate surface area is 166 Å². The first-order valence-corrected chi connectivity index (χ1v) is 9.34. The number of carbonyl (C=O) groups excluding carboxylic acids is 1.